The monoisotopic (exact) mass is 482 g/mol. The van der Waals surface area contributed by atoms with Gasteiger partial charge in [0.1, 0.15) is 5.60 Å². The third kappa shape index (κ3) is 4.80. The Morgan fingerprint density at radius 1 is 1.14 bits per heavy atom. The van der Waals surface area contributed by atoms with Crippen molar-refractivity contribution < 1.29 is 14.6 Å². The predicted molar refractivity (Wildman–Crippen MR) is 139 cm³/mol. The SMILES string of the molecule is C=CC(=O)Nc1cccc(-c2cccc3cnc(Nc4ccc([C@@]5(CO)CNCCO5)nc4)nc23)c1. The Morgan fingerprint density at radius 3 is 2.78 bits per heavy atom. The molecule has 4 aromatic rings. The standard InChI is InChI=1S/C27H26N6O3/c1-2-24(35)31-20-7-3-5-18(13-20)22-8-4-6-19-14-30-26(33-25(19)22)32-21-9-10-23(29-15-21)27(17-34)16-28-11-12-36-27/h2-10,13-15,28,34H,1,11-12,16-17H2,(H,31,35)(H,30,32,33)/t27-/m0/s1. The smallest absolute Gasteiger partial charge is 0.247 e. The number of hydrogen-bond donors (Lipinski definition) is 4. The van der Waals surface area contributed by atoms with Crippen molar-refractivity contribution in [3.05, 3.63) is 85.3 Å². The van der Waals surface area contributed by atoms with E-state index in [1.54, 1.807) is 12.4 Å². The molecule has 1 atom stereocenters. The topological polar surface area (TPSA) is 121 Å². The minimum Gasteiger partial charge on any atom is -0.393 e. The van der Waals surface area contributed by atoms with Crippen LogP contribution in [-0.2, 0) is 15.1 Å². The van der Waals surface area contributed by atoms with Crippen LogP contribution < -0.4 is 16.0 Å². The molecule has 3 heterocycles. The average molecular weight is 483 g/mol. The molecule has 0 unspecified atom stereocenters. The molecule has 2 aromatic carbocycles. The van der Waals surface area contributed by atoms with Crippen LogP contribution in [0.5, 0.6) is 0 Å². The highest BCUT2D eigenvalue weighted by molar-refractivity contribution is 6.00. The van der Waals surface area contributed by atoms with Crippen molar-refractivity contribution >= 4 is 34.1 Å². The Balaban J connectivity index is 1.42. The number of para-hydroxylation sites is 1. The van der Waals surface area contributed by atoms with Gasteiger partial charge in [0.05, 0.1) is 36.3 Å². The maximum Gasteiger partial charge on any atom is 0.247 e. The van der Waals surface area contributed by atoms with Gasteiger partial charge in [-0.3, -0.25) is 9.78 Å². The summed E-state index contributed by atoms with van der Waals surface area (Å²) in [5, 5.41) is 20.1. The quantitative estimate of drug-likeness (QED) is 0.296. The normalized spacial score (nSPS) is 17.5. The first-order chi connectivity index (χ1) is 17.6. The Morgan fingerprint density at radius 2 is 2.03 bits per heavy atom. The fourth-order valence-electron chi connectivity index (χ4n) is 4.18. The van der Waals surface area contributed by atoms with Gasteiger partial charge in [-0.15, -0.1) is 0 Å². The number of rotatable bonds is 7. The first-order valence-electron chi connectivity index (χ1n) is 11.6. The highest BCUT2D eigenvalue weighted by atomic mass is 16.5. The summed E-state index contributed by atoms with van der Waals surface area (Å²) in [6.45, 7) is 5.10. The summed E-state index contributed by atoms with van der Waals surface area (Å²) in [5.74, 6) is 0.155. The van der Waals surface area contributed by atoms with Crippen molar-refractivity contribution in [2.75, 3.05) is 36.9 Å². The second kappa shape index (κ2) is 10.2. The minimum atomic E-state index is -0.842. The maximum absolute atomic E-state index is 11.7. The zero-order valence-corrected chi connectivity index (χ0v) is 19.6. The third-order valence-electron chi connectivity index (χ3n) is 6.05. The lowest BCUT2D eigenvalue weighted by Gasteiger charge is -2.35. The van der Waals surface area contributed by atoms with Gasteiger partial charge in [0.25, 0.3) is 0 Å². The lowest BCUT2D eigenvalue weighted by atomic mass is 9.98. The molecule has 0 saturated carbocycles. The van der Waals surface area contributed by atoms with Gasteiger partial charge in [0.2, 0.25) is 11.9 Å². The molecule has 1 saturated heterocycles. The molecule has 9 heteroatoms. The maximum atomic E-state index is 11.7. The summed E-state index contributed by atoms with van der Waals surface area (Å²) in [5.41, 5.74) is 3.79. The highest BCUT2D eigenvalue weighted by Crippen LogP contribution is 2.30. The van der Waals surface area contributed by atoms with Crippen LogP contribution in [0.1, 0.15) is 5.69 Å². The third-order valence-corrected chi connectivity index (χ3v) is 6.05. The van der Waals surface area contributed by atoms with E-state index in [0.717, 1.165) is 28.6 Å². The van der Waals surface area contributed by atoms with Crippen LogP contribution in [0.25, 0.3) is 22.0 Å². The Kier molecular flexibility index (Phi) is 6.68. The molecule has 1 amide bonds. The van der Waals surface area contributed by atoms with Gasteiger partial charge < -0.3 is 25.8 Å². The van der Waals surface area contributed by atoms with Crippen LogP contribution in [-0.4, -0.2) is 52.3 Å². The number of anilines is 3. The van der Waals surface area contributed by atoms with Gasteiger partial charge in [-0.25, -0.2) is 9.97 Å². The zero-order chi connectivity index (χ0) is 25.0. The molecule has 0 aliphatic carbocycles. The Bertz CT molecular complexity index is 1400. The molecule has 9 nitrogen and oxygen atoms in total. The summed E-state index contributed by atoms with van der Waals surface area (Å²) >= 11 is 0. The van der Waals surface area contributed by atoms with Gasteiger partial charge in [-0.05, 0) is 35.9 Å². The number of aliphatic hydroxyl groups excluding tert-OH is 1. The molecular formula is C27H26N6O3. The number of amides is 1. The fraction of sp³-hybridized carbons (Fsp3) is 0.185. The van der Waals surface area contributed by atoms with Crippen LogP contribution in [0.3, 0.4) is 0 Å². The van der Waals surface area contributed by atoms with Gasteiger partial charge in [-0.1, -0.05) is 36.9 Å². The number of hydrogen-bond acceptors (Lipinski definition) is 8. The van der Waals surface area contributed by atoms with E-state index < -0.39 is 5.60 Å². The number of aliphatic hydroxyl groups is 1. The van der Waals surface area contributed by atoms with Crippen LogP contribution in [0.15, 0.2) is 79.6 Å². The van der Waals surface area contributed by atoms with E-state index >= 15 is 0 Å². The van der Waals surface area contributed by atoms with E-state index in [2.05, 4.69) is 32.5 Å². The molecule has 0 radical (unpaired) electrons. The number of carbonyl (C=O) groups is 1. The second-order valence-electron chi connectivity index (χ2n) is 8.45. The van der Waals surface area contributed by atoms with Crippen molar-refractivity contribution in [2.24, 2.45) is 0 Å². The molecule has 5 rings (SSSR count). The molecule has 182 valence electrons. The number of benzene rings is 2. The zero-order valence-electron chi connectivity index (χ0n) is 19.6. The number of pyridine rings is 1. The van der Waals surface area contributed by atoms with E-state index in [1.165, 1.54) is 6.08 Å². The summed E-state index contributed by atoms with van der Waals surface area (Å²) in [6, 6.07) is 17.2. The van der Waals surface area contributed by atoms with Crippen LogP contribution in [0, 0.1) is 0 Å². The minimum absolute atomic E-state index is 0.158. The van der Waals surface area contributed by atoms with Crippen LogP contribution in [0.2, 0.25) is 0 Å². The van der Waals surface area contributed by atoms with Crippen molar-refractivity contribution in [1.29, 1.82) is 0 Å². The first-order valence-corrected chi connectivity index (χ1v) is 11.6. The molecular weight excluding hydrogens is 456 g/mol. The Labute approximate surface area is 208 Å². The number of morpholine rings is 1. The largest absolute Gasteiger partial charge is 0.393 e. The average Bonchev–Trinajstić information content (AvgIpc) is 2.93. The highest BCUT2D eigenvalue weighted by Gasteiger charge is 2.36. The van der Waals surface area contributed by atoms with Crippen molar-refractivity contribution in [1.82, 2.24) is 20.3 Å². The first kappa shape index (κ1) is 23.6. The lowest BCUT2D eigenvalue weighted by Crippen LogP contribution is -2.50. The van der Waals surface area contributed by atoms with Crippen molar-refractivity contribution in [2.45, 2.75) is 5.60 Å². The molecule has 1 fully saturated rings. The molecule has 36 heavy (non-hydrogen) atoms. The van der Waals surface area contributed by atoms with E-state index in [1.807, 2.05) is 54.6 Å². The van der Waals surface area contributed by atoms with E-state index in [0.29, 0.717) is 36.2 Å². The number of ether oxygens (including phenoxy) is 1. The molecule has 0 bridgehead atoms. The lowest BCUT2D eigenvalue weighted by molar-refractivity contribution is -0.111. The number of carbonyl (C=O) groups excluding carboxylic acids is 1. The van der Waals surface area contributed by atoms with Gasteiger partial charge in [0.15, 0.2) is 0 Å². The molecule has 2 aromatic heterocycles. The van der Waals surface area contributed by atoms with Gasteiger partial charge in [-0.2, -0.15) is 0 Å². The van der Waals surface area contributed by atoms with Crippen molar-refractivity contribution in [3.63, 3.8) is 0 Å². The van der Waals surface area contributed by atoms with Gasteiger partial charge >= 0.3 is 0 Å². The van der Waals surface area contributed by atoms with E-state index in [4.69, 9.17) is 9.72 Å². The molecule has 1 aliphatic rings. The number of fused-ring (bicyclic) bond motifs is 1. The van der Waals surface area contributed by atoms with Crippen LogP contribution >= 0.6 is 0 Å². The predicted octanol–water partition coefficient (Wildman–Crippen LogP) is 3.37. The summed E-state index contributed by atoms with van der Waals surface area (Å²) in [6.07, 6.45) is 4.68. The molecule has 1 aliphatic heterocycles. The summed E-state index contributed by atoms with van der Waals surface area (Å²) in [7, 11) is 0. The van der Waals surface area contributed by atoms with Crippen molar-refractivity contribution in [3.8, 4) is 11.1 Å². The number of nitrogens with one attached hydrogen (secondary N) is 3. The molecule has 0 spiro atoms. The number of nitrogens with zero attached hydrogens (tertiary/aromatic N) is 3. The summed E-state index contributed by atoms with van der Waals surface area (Å²) in [4.78, 5) is 25.5. The number of aromatic nitrogens is 3. The van der Waals surface area contributed by atoms with Crippen LogP contribution in [0.4, 0.5) is 17.3 Å². The van der Waals surface area contributed by atoms with E-state index in [-0.39, 0.29) is 12.5 Å². The Hall–Kier alpha value is -4.18. The molecule has 4 N–H and O–H groups in total. The summed E-state index contributed by atoms with van der Waals surface area (Å²) < 4.78 is 5.85. The fourth-order valence-corrected chi connectivity index (χ4v) is 4.18. The van der Waals surface area contributed by atoms with E-state index in [9.17, 15) is 9.90 Å². The second-order valence-corrected chi connectivity index (χ2v) is 8.45. The van der Waals surface area contributed by atoms with Gasteiger partial charge in [0, 0.05) is 35.9 Å².